The monoisotopic (exact) mass is 413 g/mol. The van der Waals surface area contributed by atoms with Crippen LogP contribution in [0.4, 0.5) is 0 Å². The van der Waals surface area contributed by atoms with Crippen molar-refractivity contribution in [2.75, 3.05) is 13.2 Å². The maximum absolute atomic E-state index is 6.27. The number of ether oxygens (including phenoxy) is 1. The van der Waals surface area contributed by atoms with Gasteiger partial charge in [-0.2, -0.15) is 0 Å². The third kappa shape index (κ3) is 4.79. The van der Waals surface area contributed by atoms with Gasteiger partial charge in [0.1, 0.15) is 5.75 Å². The first-order valence-corrected chi connectivity index (χ1v) is 10.9. The Hall–Kier alpha value is -1.77. The molecule has 0 aromatic heterocycles. The van der Waals surface area contributed by atoms with E-state index in [2.05, 4.69) is 18.2 Å². The van der Waals surface area contributed by atoms with Crippen LogP contribution >= 0.6 is 23.2 Å². The Bertz CT molecular complexity index is 897. The number of aliphatic imine (C=N–C) groups is 1. The van der Waals surface area contributed by atoms with Crippen LogP contribution in [-0.4, -0.2) is 18.9 Å². The SMILES string of the molecule is Clc1ccc(/C=C/C2=NCCc3cc(OCC4CCCCC4)ccc32)c(Cl)c1. The van der Waals surface area contributed by atoms with Gasteiger partial charge in [-0.25, -0.2) is 0 Å². The van der Waals surface area contributed by atoms with Crippen molar-refractivity contribution in [1.29, 1.82) is 0 Å². The number of nitrogens with zero attached hydrogens (tertiary/aromatic N) is 1. The Kier molecular flexibility index (Phi) is 6.39. The minimum Gasteiger partial charge on any atom is -0.493 e. The van der Waals surface area contributed by atoms with Crippen LogP contribution in [0, 0.1) is 5.92 Å². The van der Waals surface area contributed by atoms with Crippen molar-refractivity contribution in [1.82, 2.24) is 0 Å². The number of allylic oxidation sites excluding steroid dienone is 1. The highest BCUT2D eigenvalue weighted by Gasteiger charge is 2.16. The molecule has 0 saturated heterocycles. The van der Waals surface area contributed by atoms with Gasteiger partial charge in [0.2, 0.25) is 0 Å². The molecule has 28 heavy (non-hydrogen) atoms. The molecule has 0 amide bonds. The zero-order chi connectivity index (χ0) is 19.3. The highest BCUT2D eigenvalue weighted by Crippen LogP contribution is 2.27. The van der Waals surface area contributed by atoms with E-state index in [-0.39, 0.29) is 0 Å². The lowest BCUT2D eigenvalue weighted by Crippen LogP contribution is -2.16. The zero-order valence-electron chi connectivity index (χ0n) is 16.0. The summed E-state index contributed by atoms with van der Waals surface area (Å²) in [6.07, 6.45) is 11.7. The number of rotatable bonds is 5. The number of halogens is 2. The quantitative estimate of drug-likeness (QED) is 0.516. The van der Waals surface area contributed by atoms with E-state index >= 15 is 0 Å². The van der Waals surface area contributed by atoms with Gasteiger partial charge in [0.15, 0.2) is 0 Å². The highest BCUT2D eigenvalue weighted by molar-refractivity contribution is 6.35. The molecule has 4 heteroatoms. The Balaban J connectivity index is 1.46. The maximum Gasteiger partial charge on any atom is 0.119 e. The predicted octanol–water partition coefficient (Wildman–Crippen LogP) is 7.01. The molecule has 1 aliphatic heterocycles. The van der Waals surface area contributed by atoms with Gasteiger partial charge in [0, 0.05) is 22.2 Å². The summed E-state index contributed by atoms with van der Waals surface area (Å²) in [5.41, 5.74) is 4.41. The Morgan fingerprint density at radius 1 is 1.00 bits per heavy atom. The molecule has 4 rings (SSSR count). The molecular weight excluding hydrogens is 389 g/mol. The maximum atomic E-state index is 6.27. The summed E-state index contributed by atoms with van der Waals surface area (Å²) in [5, 5.41) is 1.29. The number of benzene rings is 2. The predicted molar refractivity (Wildman–Crippen MR) is 119 cm³/mol. The minimum absolute atomic E-state index is 0.642. The Morgan fingerprint density at radius 2 is 1.86 bits per heavy atom. The molecule has 2 nitrogen and oxygen atoms in total. The first-order valence-electron chi connectivity index (χ1n) is 10.1. The molecule has 2 aliphatic rings. The lowest BCUT2D eigenvalue weighted by Gasteiger charge is -2.22. The van der Waals surface area contributed by atoms with E-state index in [0.717, 1.165) is 36.6 Å². The van der Waals surface area contributed by atoms with Crippen LogP contribution in [0.2, 0.25) is 10.0 Å². The molecule has 1 heterocycles. The van der Waals surface area contributed by atoms with E-state index in [0.29, 0.717) is 16.0 Å². The normalized spacial score (nSPS) is 17.4. The van der Waals surface area contributed by atoms with Gasteiger partial charge in [0.05, 0.1) is 12.3 Å². The molecule has 0 bridgehead atoms. The first-order chi connectivity index (χ1) is 13.7. The van der Waals surface area contributed by atoms with Crippen LogP contribution in [0.3, 0.4) is 0 Å². The van der Waals surface area contributed by atoms with Crippen molar-refractivity contribution in [3.63, 3.8) is 0 Å². The van der Waals surface area contributed by atoms with Gasteiger partial charge < -0.3 is 4.74 Å². The van der Waals surface area contributed by atoms with E-state index in [1.165, 1.54) is 43.2 Å². The van der Waals surface area contributed by atoms with Crippen molar-refractivity contribution in [3.8, 4) is 5.75 Å². The second-order valence-corrected chi connectivity index (χ2v) is 8.49. The number of hydrogen-bond acceptors (Lipinski definition) is 2. The van der Waals surface area contributed by atoms with E-state index in [9.17, 15) is 0 Å². The van der Waals surface area contributed by atoms with E-state index in [4.69, 9.17) is 32.9 Å². The summed E-state index contributed by atoms with van der Waals surface area (Å²) in [6.45, 7) is 1.64. The molecule has 0 spiro atoms. The summed E-state index contributed by atoms with van der Waals surface area (Å²) in [7, 11) is 0. The van der Waals surface area contributed by atoms with Gasteiger partial charge in [-0.3, -0.25) is 4.99 Å². The molecule has 1 fully saturated rings. The molecule has 2 aromatic carbocycles. The van der Waals surface area contributed by atoms with Gasteiger partial charge >= 0.3 is 0 Å². The van der Waals surface area contributed by atoms with Crippen molar-refractivity contribution < 1.29 is 4.74 Å². The molecular formula is C24H25Cl2NO. The van der Waals surface area contributed by atoms with Gasteiger partial charge in [0.25, 0.3) is 0 Å². The molecule has 146 valence electrons. The molecule has 0 N–H and O–H groups in total. The lowest BCUT2D eigenvalue weighted by atomic mass is 9.90. The fourth-order valence-corrected chi connectivity index (χ4v) is 4.49. The van der Waals surface area contributed by atoms with Crippen molar-refractivity contribution in [2.45, 2.75) is 38.5 Å². The minimum atomic E-state index is 0.642. The Morgan fingerprint density at radius 3 is 2.68 bits per heavy atom. The van der Waals surface area contributed by atoms with Gasteiger partial charge in [-0.05, 0) is 72.7 Å². The van der Waals surface area contributed by atoms with E-state index in [1.54, 1.807) is 6.07 Å². The average molecular weight is 414 g/mol. The Labute approximate surface area is 177 Å². The third-order valence-electron chi connectivity index (χ3n) is 5.61. The molecule has 0 unspecified atom stereocenters. The second kappa shape index (κ2) is 9.15. The molecule has 1 aliphatic carbocycles. The summed E-state index contributed by atoms with van der Waals surface area (Å²) < 4.78 is 6.12. The number of fused-ring (bicyclic) bond motifs is 1. The first kappa shape index (κ1) is 19.5. The van der Waals surface area contributed by atoms with Gasteiger partial charge in [-0.1, -0.05) is 54.6 Å². The smallest absolute Gasteiger partial charge is 0.119 e. The topological polar surface area (TPSA) is 21.6 Å². The van der Waals surface area contributed by atoms with Crippen LogP contribution in [-0.2, 0) is 6.42 Å². The van der Waals surface area contributed by atoms with Crippen LogP contribution < -0.4 is 4.74 Å². The van der Waals surface area contributed by atoms with Gasteiger partial charge in [-0.15, -0.1) is 0 Å². The van der Waals surface area contributed by atoms with Crippen molar-refractivity contribution >= 4 is 35.0 Å². The molecule has 2 aromatic rings. The standard InChI is InChI=1S/C24H25Cl2NO/c25-20-8-6-18(23(26)15-20)7-11-24-22-10-9-21(14-19(22)12-13-27-24)28-16-17-4-2-1-3-5-17/h6-11,14-15,17H,1-5,12-13,16H2/b11-7+. The van der Waals surface area contributed by atoms with Crippen LogP contribution in [0.1, 0.15) is 48.8 Å². The van der Waals surface area contributed by atoms with Crippen molar-refractivity contribution in [3.05, 3.63) is 69.2 Å². The third-order valence-corrected chi connectivity index (χ3v) is 6.17. The largest absolute Gasteiger partial charge is 0.493 e. The van der Waals surface area contributed by atoms with Crippen LogP contribution in [0.15, 0.2) is 47.5 Å². The molecule has 1 saturated carbocycles. The summed E-state index contributed by atoms with van der Waals surface area (Å²) in [5.74, 6) is 1.70. The summed E-state index contributed by atoms with van der Waals surface area (Å²) in [4.78, 5) is 4.70. The molecule has 0 radical (unpaired) electrons. The fourth-order valence-electron chi connectivity index (χ4n) is 4.01. The lowest BCUT2D eigenvalue weighted by molar-refractivity contribution is 0.208. The van der Waals surface area contributed by atoms with E-state index in [1.807, 2.05) is 24.3 Å². The highest BCUT2D eigenvalue weighted by atomic mass is 35.5. The second-order valence-electron chi connectivity index (χ2n) is 7.65. The van der Waals surface area contributed by atoms with Crippen molar-refractivity contribution in [2.24, 2.45) is 10.9 Å². The van der Waals surface area contributed by atoms with E-state index < -0.39 is 0 Å². The summed E-state index contributed by atoms with van der Waals surface area (Å²) in [6, 6.07) is 11.9. The number of hydrogen-bond donors (Lipinski definition) is 0. The zero-order valence-corrected chi connectivity index (χ0v) is 17.5. The molecule has 0 atom stereocenters. The van der Waals surface area contributed by atoms with Crippen LogP contribution in [0.5, 0.6) is 5.75 Å². The van der Waals surface area contributed by atoms with Crippen LogP contribution in [0.25, 0.3) is 6.08 Å². The average Bonchev–Trinajstić information content (AvgIpc) is 2.72. The fraction of sp³-hybridized carbons (Fsp3) is 0.375. The summed E-state index contributed by atoms with van der Waals surface area (Å²) >= 11 is 12.3.